The van der Waals surface area contributed by atoms with Gasteiger partial charge in [0.05, 0.1) is 17.6 Å². The van der Waals surface area contributed by atoms with Crippen molar-refractivity contribution < 1.29 is 13.7 Å². The molecular weight excluding hydrogens is 387 g/mol. The van der Waals surface area contributed by atoms with Crippen molar-refractivity contribution in [3.05, 3.63) is 58.9 Å². The van der Waals surface area contributed by atoms with Gasteiger partial charge in [-0.05, 0) is 37.6 Å². The van der Waals surface area contributed by atoms with Gasteiger partial charge >= 0.3 is 0 Å². The molecule has 3 aromatic rings. The molecule has 0 aliphatic carbocycles. The topological polar surface area (TPSA) is 125 Å². The van der Waals surface area contributed by atoms with E-state index in [1.54, 1.807) is 25.3 Å². The molecule has 1 atom stereocenters. The molecule has 0 fully saturated rings. The molecule has 0 radical (unpaired) electrons. The molecule has 0 amide bonds. The van der Waals surface area contributed by atoms with Gasteiger partial charge in [0.1, 0.15) is 18.5 Å². The molecule has 4 rings (SSSR count). The molecule has 0 saturated heterocycles. The Bertz CT molecular complexity index is 1150. The molecular formula is C21H21FN6O2. The highest BCUT2D eigenvalue weighted by atomic mass is 19.1. The minimum atomic E-state index is -0.555. The van der Waals surface area contributed by atoms with Crippen LogP contribution in [-0.4, -0.2) is 22.3 Å². The second-order valence-corrected chi connectivity index (χ2v) is 6.80. The summed E-state index contributed by atoms with van der Waals surface area (Å²) in [5.41, 5.74) is 15.1. The van der Waals surface area contributed by atoms with Crippen LogP contribution in [0.2, 0.25) is 0 Å². The number of pyridine rings is 1. The van der Waals surface area contributed by atoms with Crippen LogP contribution in [-0.2, 0) is 13.0 Å². The molecule has 3 heterocycles. The lowest BCUT2D eigenvalue weighted by Gasteiger charge is -2.20. The van der Waals surface area contributed by atoms with Gasteiger partial charge in [0.15, 0.2) is 23.2 Å². The van der Waals surface area contributed by atoms with Crippen molar-refractivity contribution in [1.29, 1.82) is 0 Å². The van der Waals surface area contributed by atoms with Crippen molar-refractivity contribution in [3.63, 3.8) is 0 Å². The highest BCUT2D eigenvalue weighted by molar-refractivity contribution is 6.04. The van der Waals surface area contributed by atoms with E-state index in [1.165, 1.54) is 12.1 Å². The van der Waals surface area contributed by atoms with Crippen molar-refractivity contribution in [2.75, 3.05) is 5.73 Å². The Kier molecular flexibility index (Phi) is 5.18. The van der Waals surface area contributed by atoms with Gasteiger partial charge in [0, 0.05) is 22.9 Å². The molecule has 2 bridgehead atoms. The number of amidine groups is 1. The van der Waals surface area contributed by atoms with Crippen LogP contribution in [0.4, 0.5) is 10.2 Å². The first-order chi connectivity index (χ1) is 14.5. The maximum atomic E-state index is 14.1. The number of rotatable bonds is 1. The third-order valence-corrected chi connectivity index (χ3v) is 4.90. The quantitative estimate of drug-likeness (QED) is 0.470. The summed E-state index contributed by atoms with van der Waals surface area (Å²) in [7, 11) is 0. The van der Waals surface area contributed by atoms with Gasteiger partial charge < -0.3 is 20.7 Å². The van der Waals surface area contributed by atoms with Gasteiger partial charge in [-0.1, -0.05) is 12.1 Å². The van der Waals surface area contributed by atoms with E-state index in [0.29, 0.717) is 34.9 Å². The Morgan fingerprint density at radius 1 is 1.33 bits per heavy atom. The van der Waals surface area contributed by atoms with Crippen LogP contribution in [0, 0.1) is 5.82 Å². The minimum Gasteiger partial charge on any atom is -0.482 e. The van der Waals surface area contributed by atoms with Crippen molar-refractivity contribution in [2.45, 2.75) is 32.9 Å². The molecule has 1 aliphatic rings. The number of nitrogen functional groups attached to an aromatic ring is 1. The smallest absolute Gasteiger partial charge is 0.166 e. The van der Waals surface area contributed by atoms with Crippen LogP contribution >= 0.6 is 0 Å². The lowest BCUT2D eigenvalue weighted by atomic mass is 10.0. The summed E-state index contributed by atoms with van der Waals surface area (Å²) in [6, 6.07) is 6.11. The third kappa shape index (κ3) is 3.49. The Hall–Kier alpha value is -3.75. The normalized spacial score (nSPS) is 16.1. The largest absolute Gasteiger partial charge is 0.482 e. The monoisotopic (exact) mass is 408 g/mol. The van der Waals surface area contributed by atoms with E-state index >= 15 is 0 Å². The predicted octanol–water partition coefficient (Wildman–Crippen LogP) is 3.41. The first-order valence-corrected chi connectivity index (χ1v) is 9.50. The molecule has 1 aromatic carbocycles. The number of halogens is 1. The summed E-state index contributed by atoms with van der Waals surface area (Å²) in [5, 5.41) is 4.17. The number of nitrogens with two attached hydrogens (primary N) is 2. The summed E-state index contributed by atoms with van der Waals surface area (Å²) >= 11 is 0. The van der Waals surface area contributed by atoms with E-state index in [2.05, 4.69) is 20.1 Å². The van der Waals surface area contributed by atoms with Crippen molar-refractivity contribution in [3.8, 4) is 16.9 Å². The number of benzene rings is 1. The molecule has 0 saturated carbocycles. The number of aliphatic imine (C=N–C) groups is 2. The van der Waals surface area contributed by atoms with Gasteiger partial charge in [0.2, 0.25) is 0 Å². The number of nitrogens with zero attached hydrogens (tertiary/aromatic N) is 4. The maximum absolute atomic E-state index is 14.1. The zero-order valence-corrected chi connectivity index (χ0v) is 16.6. The standard InChI is InChI=1S/C21H21FN6O2/c1-3-16-19-12-6-17(20(24)25-8-12)29-11(2)15-7-13(22)4-5-14(15)21(27-10-23)26-9-18(19)30-28-16/h4-8,10-11H,3,9H2,1-2H3,(H2,24,25)(H2,23,26,27)/t11-/m1/s1. The predicted molar refractivity (Wildman–Crippen MR) is 112 cm³/mol. The van der Waals surface area contributed by atoms with E-state index in [4.69, 9.17) is 20.7 Å². The Morgan fingerprint density at radius 3 is 2.93 bits per heavy atom. The fourth-order valence-electron chi connectivity index (χ4n) is 3.47. The van der Waals surface area contributed by atoms with Crippen molar-refractivity contribution >= 4 is 18.0 Å². The first kappa shape index (κ1) is 19.6. The number of aromatic nitrogens is 2. The number of hydrogen-bond acceptors (Lipinski definition) is 7. The second kappa shape index (κ2) is 7.94. The zero-order chi connectivity index (χ0) is 21.3. The highest BCUT2D eigenvalue weighted by Gasteiger charge is 2.23. The van der Waals surface area contributed by atoms with E-state index in [9.17, 15) is 4.39 Å². The third-order valence-electron chi connectivity index (χ3n) is 4.90. The molecule has 0 spiro atoms. The van der Waals surface area contributed by atoms with Crippen molar-refractivity contribution in [2.24, 2.45) is 15.7 Å². The van der Waals surface area contributed by atoms with Gasteiger partial charge in [0.25, 0.3) is 0 Å². The lowest BCUT2D eigenvalue weighted by Crippen LogP contribution is -2.13. The average Bonchev–Trinajstić information content (AvgIpc) is 3.15. The molecule has 154 valence electrons. The van der Waals surface area contributed by atoms with Crippen molar-refractivity contribution in [1.82, 2.24) is 10.1 Å². The zero-order valence-electron chi connectivity index (χ0n) is 16.6. The van der Waals surface area contributed by atoms with Gasteiger partial charge in [-0.15, -0.1) is 0 Å². The minimum absolute atomic E-state index is 0.167. The van der Waals surface area contributed by atoms with Gasteiger partial charge in [-0.25, -0.2) is 14.4 Å². The Morgan fingerprint density at radius 2 is 2.17 bits per heavy atom. The summed E-state index contributed by atoms with van der Waals surface area (Å²) in [6.07, 6.45) is 2.90. The molecule has 9 heteroatoms. The molecule has 0 unspecified atom stereocenters. The Labute approximate surface area is 172 Å². The van der Waals surface area contributed by atoms with Crippen LogP contribution in [0.25, 0.3) is 11.1 Å². The molecule has 8 nitrogen and oxygen atoms in total. The van der Waals surface area contributed by atoms with E-state index < -0.39 is 11.9 Å². The first-order valence-electron chi connectivity index (χ1n) is 9.50. The van der Waals surface area contributed by atoms with Crippen LogP contribution in [0.15, 0.2) is 45.0 Å². The fourth-order valence-corrected chi connectivity index (χ4v) is 3.47. The molecule has 2 aromatic heterocycles. The highest BCUT2D eigenvalue weighted by Crippen LogP contribution is 2.36. The van der Waals surface area contributed by atoms with Crippen LogP contribution in [0.5, 0.6) is 5.75 Å². The summed E-state index contributed by atoms with van der Waals surface area (Å²) in [5.74, 6) is 1.08. The van der Waals surface area contributed by atoms with E-state index in [0.717, 1.165) is 23.2 Å². The lowest BCUT2D eigenvalue weighted by molar-refractivity contribution is 0.227. The summed E-state index contributed by atoms with van der Waals surface area (Å²) < 4.78 is 25.7. The molecule has 4 N–H and O–H groups in total. The number of ether oxygens (including phenoxy) is 1. The summed E-state index contributed by atoms with van der Waals surface area (Å²) in [4.78, 5) is 13.0. The molecule has 1 aliphatic heterocycles. The maximum Gasteiger partial charge on any atom is 0.166 e. The van der Waals surface area contributed by atoms with E-state index in [-0.39, 0.29) is 12.4 Å². The number of anilines is 1. The van der Waals surface area contributed by atoms with Crippen LogP contribution < -0.4 is 16.2 Å². The van der Waals surface area contributed by atoms with Crippen LogP contribution in [0.3, 0.4) is 0 Å². The second-order valence-electron chi connectivity index (χ2n) is 6.80. The molecule has 30 heavy (non-hydrogen) atoms. The van der Waals surface area contributed by atoms with Crippen LogP contribution in [0.1, 0.15) is 42.5 Å². The SMILES string of the molecule is CCc1noc2c1-c1cnc(N)c(c1)O[C@H](C)c1cc(F)ccc1C(N=CN)=NC2. The number of hydrogen-bond donors (Lipinski definition) is 2. The summed E-state index contributed by atoms with van der Waals surface area (Å²) in [6.45, 7) is 3.94. The fraction of sp³-hybridized carbons (Fsp3) is 0.238. The van der Waals surface area contributed by atoms with E-state index in [1.807, 2.05) is 6.92 Å². The average molecular weight is 408 g/mol. The number of fused-ring (bicyclic) bond motifs is 5. The Balaban J connectivity index is 1.98. The number of aryl methyl sites for hydroxylation is 1. The van der Waals surface area contributed by atoms with Gasteiger partial charge in [-0.2, -0.15) is 0 Å². The van der Waals surface area contributed by atoms with Gasteiger partial charge in [-0.3, -0.25) is 4.99 Å².